The summed E-state index contributed by atoms with van der Waals surface area (Å²) in [5.41, 5.74) is 2.05. The van der Waals surface area contributed by atoms with Gasteiger partial charge in [0.2, 0.25) is 5.91 Å². The van der Waals surface area contributed by atoms with E-state index in [9.17, 15) is 14.4 Å². The Labute approximate surface area is 200 Å². The Morgan fingerprint density at radius 1 is 1.15 bits per heavy atom. The maximum Gasteiger partial charge on any atom is 0.262 e. The first-order valence-electron chi connectivity index (χ1n) is 10.4. The van der Waals surface area contributed by atoms with E-state index in [1.54, 1.807) is 48.9 Å². The van der Waals surface area contributed by atoms with Crippen molar-refractivity contribution in [1.29, 1.82) is 0 Å². The molecule has 0 saturated carbocycles. The van der Waals surface area contributed by atoms with E-state index in [-0.39, 0.29) is 5.92 Å². The normalized spacial score (nSPS) is 13.9. The summed E-state index contributed by atoms with van der Waals surface area (Å²) in [7, 11) is 1.54. The van der Waals surface area contributed by atoms with Gasteiger partial charge in [0.15, 0.2) is 5.13 Å². The van der Waals surface area contributed by atoms with Gasteiger partial charge in [-0.3, -0.25) is 19.3 Å². The summed E-state index contributed by atoms with van der Waals surface area (Å²) in [5, 5.41) is 5.41. The van der Waals surface area contributed by atoms with E-state index >= 15 is 0 Å². The van der Waals surface area contributed by atoms with Crippen molar-refractivity contribution in [3.05, 3.63) is 64.0 Å². The van der Waals surface area contributed by atoms with Crippen LogP contribution in [0.2, 0.25) is 5.02 Å². The number of rotatable bonds is 7. The Hall–Kier alpha value is -3.23. The summed E-state index contributed by atoms with van der Waals surface area (Å²) in [6.07, 6.45) is 0.337. The molecule has 0 spiro atoms. The minimum absolute atomic E-state index is 0.0818. The number of thiazole rings is 1. The van der Waals surface area contributed by atoms with Crippen molar-refractivity contribution in [3.63, 3.8) is 0 Å². The van der Waals surface area contributed by atoms with Gasteiger partial charge in [0, 0.05) is 10.9 Å². The summed E-state index contributed by atoms with van der Waals surface area (Å²) in [6.45, 7) is 3.88. The molecule has 1 N–H and O–H groups in total. The summed E-state index contributed by atoms with van der Waals surface area (Å²) < 4.78 is 5.17. The number of fused-ring (bicyclic) bond motifs is 1. The first-order chi connectivity index (χ1) is 15.8. The fraction of sp³-hybridized carbons (Fsp3) is 0.250. The van der Waals surface area contributed by atoms with Gasteiger partial charge >= 0.3 is 0 Å². The molecule has 1 aliphatic heterocycles. The van der Waals surface area contributed by atoms with Crippen molar-refractivity contribution in [2.75, 3.05) is 12.4 Å². The van der Waals surface area contributed by atoms with Gasteiger partial charge in [0.25, 0.3) is 11.8 Å². The van der Waals surface area contributed by atoms with Crippen LogP contribution in [0.15, 0.2) is 47.8 Å². The molecule has 0 bridgehead atoms. The Kier molecular flexibility index (Phi) is 6.49. The van der Waals surface area contributed by atoms with Gasteiger partial charge in [0.05, 0.1) is 29.0 Å². The second-order valence-electron chi connectivity index (χ2n) is 8.05. The third-order valence-corrected chi connectivity index (χ3v) is 6.37. The fourth-order valence-corrected chi connectivity index (χ4v) is 4.73. The van der Waals surface area contributed by atoms with E-state index in [0.717, 1.165) is 10.5 Å². The summed E-state index contributed by atoms with van der Waals surface area (Å²) >= 11 is 7.46. The number of anilines is 1. The second-order valence-corrected chi connectivity index (χ2v) is 9.31. The number of carbonyl (C=O) groups excluding carboxylic acids is 3. The third kappa shape index (κ3) is 4.49. The fourth-order valence-electron chi connectivity index (χ4n) is 3.75. The molecule has 0 saturated heterocycles. The predicted molar refractivity (Wildman–Crippen MR) is 128 cm³/mol. The average molecular weight is 484 g/mol. The lowest BCUT2D eigenvalue weighted by Gasteiger charge is -2.26. The highest BCUT2D eigenvalue weighted by molar-refractivity contribution is 7.14. The van der Waals surface area contributed by atoms with E-state index < -0.39 is 23.8 Å². The highest BCUT2D eigenvalue weighted by atomic mass is 35.5. The van der Waals surface area contributed by atoms with Crippen molar-refractivity contribution >= 4 is 45.8 Å². The quantitative estimate of drug-likeness (QED) is 0.471. The number of benzene rings is 2. The number of nitrogens with zero attached hydrogens (tertiary/aromatic N) is 2. The van der Waals surface area contributed by atoms with E-state index in [2.05, 4.69) is 10.3 Å². The zero-order chi connectivity index (χ0) is 23.7. The average Bonchev–Trinajstić information content (AvgIpc) is 3.35. The van der Waals surface area contributed by atoms with Crippen LogP contribution in [-0.2, 0) is 4.79 Å². The standard InChI is InChI=1S/C24H22ClN3O4S/c1-13(2)10-19(28-22(30)15-6-4-5-7-16(15)23(28)31)21(29)27-24-26-18(12-33-24)14-8-9-20(32-3)17(25)11-14/h4-9,11-13,19H,10H2,1-3H3,(H,26,27,29). The number of hydrogen-bond acceptors (Lipinski definition) is 6. The maximum atomic E-state index is 13.2. The summed E-state index contributed by atoms with van der Waals surface area (Å²) in [6, 6.07) is 11.0. The Morgan fingerprint density at radius 2 is 1.82 bits per heavy atom. The molecule has 1 aromatic heterocycles. The number of amides is 3. The predicted octanol–water partition coefficient (Wildman–Crippen LogP) is 5.12. The highest BCUT2D eigenvalue weighted by Crippen LogP contribution is 2.32. The van der Waals surface area contributed by atoms with Crippen LogP contribution >= 0.6 is 22.9 Å². The minimum atomic E-state index is -0.944. The van der Waals surface area contributed by atoms with Crippen LogP contribution < -0.4 is 10.1 Å². The molecule has 2 heterocycles. The van der Waals surface area contributed by atoms with Crippen molar-refractivity contribution in [3.8, 4) is 17.0 Å². The van der Waals surface area contributed by atoms with E-state index in [4.69, 9.17) is 16.3 Å². The van der Waals surface area contributed by atoms with Crippen LogP contribution in [0.25, 0.3) is 11.3 Å². The Morgan fingerprint density at radius 3 is 2.39 bits per heavy atom. The van der Waals surface area contributed by atoms with Gasteiger partial charge in [-0.15, -0.1) is 11.3 Å². The highest BCUT2D eigenvalue weighted by Gasteiger charge is 2.42. The van der Waals surface area contributed by atoms with E-state index in [1.165, 1.54) is 11.3 Å². The molecule has 0 radical (unpaired) electrons. The molecule has 1 aliphatic rings. The third-order valence-electron chi connectivity index (χ3n) is 5.32. The zero-order valence-corrected chi connectivity index (χ0v) is 19.9. The molecular weight excluding hydrogens is 462 g/mol. The molecular formula is C24H22ClN3O4S. The molecule has 0 fully saturated rings. The first kappa shape index (κ1) is 22.9. The number of aromatic nitrogens is 1. The smallest absolute Gasteiger partial charge is 0.262 e. The molecule has 9 heteroatoms. The van der Waals surface area contributed by atoms with Gasteiger partial charge in [-0.25, -0.2) is 4.98 Å². The number of nitrogens with one attached hydrogen (secondary N) is 1. The number of carbonyl (C=O) groups is 3. The molecule has 1 unspecified atom stereocenters. The lowest BCUT2D eigenvalue weighted by molar-refractivity contribution is -0.120. The number of imide groups is 1. The van der Waals surface area contributed by atoms with E-state index in [1.807, 2.05) is 19.9 Å². The second kappa shape index (κ2) is 9.33. The van der Waals surface area contributed by atoms with Crippen LogP contribution in [0, 0.1) is 5.92 Å². The molecule has 7 nitrogen and oxygen atoms in total. The number of halogens is 1. The monoisotopic (exact) mass is 483 g/mol. The van der Waals surface area contributed by atoms with Crippen LogP contribution in [0.5, 0.6) is 5.75 Å². The Balaban J connectivity index is 1.56. The molecule has 0 aliphatic carbocycles. The number of hydrogen-bond donors (Lipinski definition) is 1. The van der Waals surface area contributed by atoms with Gasteiger partial charge in [0.1, 0.15) is 11.8 Å². The van der Waals surface area contributed by atoms with Crippen LogP contribution in [-0.4, -0.2) is 40.8 Å². The first-order valence-corrected chi connectivity index (χ1v) is 11.6. The molecule has 1 atom stereocenters. The van der Waals surface area contributed by atoms with Crippen molar-refractivity contribution in [2.24, 2.45) is 5.92 Å². The maximum absolute atomic E-state index is 13.2. The van der Waals surface area contributed by atoms with Gasteiger partial charge in [-0.1, -0.05) is 37.6 Å². The lowest BCUT2D eigenvalue weighted by atomic mass is 10.0. The summed E-state index contributed by atoms with van der Waals surface area (Å²) in [4.78, 5) is 44.7. The molecule has 170 valence electrons. The molecule has 4 rings (SSSR count). The number of methoxy groups -OCH3 is 1. The molecule has 3 amide bonds. The van der Waals surface area contributed by atoms with Crippen LogP contribution in [0.4, 0.5) is 5.13 Å². The van der Waals surface area contributed by atoms with Crippen LogP contribution in [0.3, 0.4) is 0 Å². The van der Waals surface area contributed by atoms with Crippen molar-refractivity contribution in [2.45, 2.75) is 26.3 Å². The Bertz CT molecular complexity index is 1200. The van der Waals surface area contributed by atoms with Crippen LogP contribution in [0.1, 0.15) is 41.0 Å². The molecule has 33 heavy (non-hydrogen) atoms. The minimum Gasteiger partial charge on any atom is -0.495 e. The summed E-state index contributed by atoms with van der Waals surface area (Å²) in [5.74, 6) is -0.722. The molecule has 2 aromatic carbocycles. The van der Waals surface area contributed by atoms with E-state index in [0.29, 0.717) is 39.1 Å². The molecule has 3 aromatic rings. The largest absolute Gasteiger partial charge is 0.495 e. The lowest BCUT2D eigenvalue weighted by Crippen LogP contribution is -2.47. The zero-order valence-electron chi connectivity index (χ0n) is 18.3. The van der Waals surface area contributed by atoms with Gasteiger partial charge in [-0.2, -0.15) is 0 Å². The topological polar surface area (TPSA) is 88.6 Å². The van der Waals surface area contributed by atoms with Gasteiger partial charge < -0.3 is 10.1 Å². The van der Waals surface area contributed by atoms with Crippen molar-refractivity contribution in [1.82, 2.24) is 9.88 Å². The van der Waals surface area contributed by atoms with Gasteiger partial charge in [-0.05, 0) is 42.7 Å². The van der Waals surface area contributed by atoms with Crippen molar-refractivity contribution < 1.29 is 19.1 Å². The number of ether oxygens (including phenoxy) is 1. The SMILES string of the molecule is COc1ccc(-c2csc(NC(=O)C(CC(C)C)N3C(=O)c4ccccc4C3=O)n2)cc1Cl.